The van der Waals surface area contributed by atoms with E-state index in [4.69, 9.17) is 10.7 Å². The van der Waals surface area contributed by atoms with Crippen LogP contribution in [-0.2, 0) is 9.05 Å². The van der Waals surface area contributed by atoms with E-state index < -0.39 is 9.05 Å². The topological polar surface area (TPSA) is 34.1 Å². The molecule has 4 heteroatoms. The van der Waals surface area contributed by atoms with Gasteiger partial charge in [-0.15, -0.1) is 0 Å². The van der Waals surface area contributed by atoms with E-state index in [1.807, 2.05) is 0 Å². The van der Waals surface area contributed by atoms with Gasteiger partial charge in [0.25, 0.3) is 9.05 Å². The van der Waals surface area contributed by atoms with Gasteiger partial charge >= 0.3 is 0 Å². The molecule has 0 aliphatic heterocycles. The van der Waals surface area contributed by atoms with Crippen LogP contribution >= 0.6 is 10.7 Å². The second kappa shape index (κ2) is 11.1. The van der Waals surface area contributed by atoms with Crippen molar-refractivity contribution >= 4 is 19.7 Å². The zero-order valence-corrected chi connectivity index (χ0v) is 15.2. The van der Waals surface area contributed by atoms with Gasteiger partial charge in [-0.25, -0.2) is 8.42 Å². The minimum Gasteiger partial charge on any atom is -0.207 e. The van der Waals surface area contributed by atoms with Crippen LogP contribution in [0.25, 0.3) is 0 Å². The molecule has 2 nitrogen and oxygen atoms in total. The summed E-state index contributed by atoms with van der Waals surface area (Å²) in [4.78, 5) is 0.136. The molecule has 0 aromatic heterocycles. The normalized spacial score (nSPS) is 16.5. The molecular weight excluding hydrogens is 316 g/mol. The number of benzene rings is 1. The van der Waals surface area contributed by atoms with Gasteiger partial charge in [-0.1, -0.05) is 89.3 Å². The summed E-state index contributed by atoms with van der Waals surface area (Å²) in [6.45, 7) is 2.30. The predicted octanol–water partition coefficient (Wildman–Crippen LogP) is 6.15. The Morgan fingerprint density at radius 2 is 1.59 bits per heavy atom. The minimum atomic E-state index is -3.53. The summed E-state index contributed by atoms with van der Waals surface area (Å²) in [5.41, 5.74) is 0. The maximum Gasteiger partial charge on any atom is 0.261 e. The van der Waals surface area contributed by atoms with Crippen molar-refractivity contribution in [2.45, 2.75) is 76.0 Å². The SMILES string of the molecule is CCCCCC1CCCCCC1.O=S(=O)(Cl)c1ccccc1. The van der Waals surface area contributed by atoms with Crippen LogP contribution in [0.3, 0.4) is 0 Å². The number of unbranched alkanes of at least 4 members (excludes halogenated alkanes) is 2. The number of hydrogen-bond donors (Lipinski definition) is 0. The summed E-state index contributed by atoms with van der Waals surface area (Å²) >= 11 is 0. The second-order valence-corrected chi connectivity index (χ2v) is 8.67. The van der Waals surface area contributed by atoms with E-state index in [1.165, 1.54) is 76.3 Å². The fourth-order valence-corrected chi connectivity index (χ4v) is 3.71. The molecule has 0 atom stereocenters. The second-order valence-electron chi connectivity index (χ2n) is 6.10. The maximum atomic E-state index is 10.6. The average Bonchev–Trinajstić information content (AvgIpc) is 2.77. The lowest BCUT2D eigenvalue weighted by atomic mass is 9.94. The number of hydrogen-bond acceptors (Lipinski definition) is 2. The Morgan fingerprint density at radius 1 is 1.00 bits per heavy atom. The van der Waals surface area contributed by atoms with Gasteiger partial charge in [-0.3, -0.25) is 0 Å². The van der Waals surface area contributed by atoms with E-state index in [0.717, 1.165) is 5.92 Å². The Kier molecular flexibility index (Phi) is 9.81. The minimum absolute atomic E-state index is 0.136. The summed E-state index contributed by atoms with van der Waals surface area (Å²) < 4.78 is 21.2. The lowest BCUT2D eigenvalue weighted by Crippen LogP contribution is -1.97. The van der Waals surface area contributed by atoms with E-state index in [0.29, 0.717) is 0 Å². The molecule has 0 saturated heterocycles. The molecule has 1 aromatic carbocycles. The third-order valence-electron chi connectivity index (χ3n) is 4.22. The molecule has 1 aliphatic carbocycles. The van der Waals surface area contributed by atoms with Crippen molar-refractivity contribution in [3.63, 3.8) is 0 Å². The van der Waals surface area contributed by atoms with Crippen LogP contribution in [-0.4, -0.2) is 8.42 Å². The molecule has 126 valence electrons. The Hall–Kier alpha value is -0.540. The fourth-order valence-electron chi connectivity index (χ4n) is 2.92. The van der Waals surface area contributed by atoms with E-state index in [9.17, 15) is 8.42 Å². The molecule has 2 rings (SSSR count). The smallest absolute Gasteiger partial charge is 0.207 e. The zero-order chi connectivity index (χ0) is 16.3. The molecule has 0 unspecified atom stereocenters. The van der Waals surface area contributed by atoms with E-state index in [2.05, 4.69) is 6.92 Å². The first-order valence-corrected chi connectivity index (χ1v) is 10.8. The summed E-state index contributed by atoms with van der Waals surface area (Å²) in [6, 6.07) is 7.86. The highest BCUT2D eigenvalue weighted by molar-refractivity contribution is 8.13. The van der Waals surface area contributed by atoms with E-state index in [-0.39, 0.29) is 4.90 Å². The Morgan fingerprint density at radius 3 is 2.05 bits per heavy atom. The average molecular weight is 345 g/mol. The molecule has 0 N–H and O–H groups in total. The van der Waals surface area contributed by atoms with Crippen molar-refractivity contribution in [3.05, 3.63) is 30.3 Å². The highest BCUT2D eigenvalue weighted by Crippen LogP contribution is 2.26. The van der Waals surface area contributed by atoms with Gasteiger partial charge in [0.1, 0.15) is 0 Å². The lowest BCUT2D eigenvalue weighted by molar-refractivity contribution is 0.409. The highest BCUT2D eigenvalue weighted by atomic mass is 35.7. The van der Waals surface area contributed by atoms with Crippen molar-refractivity contribution in [1.29, 1.82) is 0 Å². The van der Waals surface area contributed by atoms with Gasteiger partial charge < -0.3 is 0 Å². The highest BCUT2D eigenvalue weighted by Gasteiger charge is 2.10. The van der Waals surface area contributed by atoms with Crippen molar-refractivity contribution in [1.82, 2.24) is 0 Å². The van der Waals surface area contributed by atoms with Gasteiger partial charge in [0.15, 0.2) is 0 Å². The Bertz CT molecular complexity index is 477. The van der Waals surface area contributed by atoms with Gasteiger partial charge in [0.2, 0.25) is 0 Å². The van der Waals surface area contributed by atoms with Crippen LogP contribution in [0.4, 0.5) is 0 Å². The molecule has 1 saturated carbocycles. The number of rotatable bonds is 5. The molecule has 1 fully saturated rings. The molecule has 0 bridgehead atoms. The van der Waals surface area contributed by atoms with Crippen molar-refractivity contribution in [2.75, 3.05) is 0 Å². The van der Waals surface area contributed by atoms with Crippen molar-refractivity contribution in [3.8, 4) is 0 Å². The lowest BCUT2D eigenvalue weighted by Gasteiger charge is -2.12. The van der Waals surface area contributed by atoms with Gasteiger partial charge in [0, 0.05) is 10.7 Å². The largest absolute Gasteiger partial charge is 0.261 e. The van der Waals surface area contributed by atoms with Crippen LogP contribution in [0.1, 0.15) is 71.1 Å². The third kappa shape index (κ3) is 8.79. The summed E-state index contributed by atoms with van der Waals surface area (Å²) in [6.07, 6.45) is 14.9. The molecule has 0 spiro atoms. The van der Waals surface area contributed by atoms with Gasteiger partial charge in [-0.05, 0) is 18.1 Å². The molecule has 0 radical (unpaired) electrons. The zero-order valence-electron chi connectivity index (χ0n) is 13.6. The van der Waals surface area contributed by atoms with Crippen molar-refractivity contribution in [2.24, 2.45) is 5.92 Å². The van der Waals surface area contributed by atoms with E-state index in [1.54, 1.807) is 18.2 Å². The summed E-state index contributed by atoms with van der Waals surface area (Å²) in [5.74, 6) is 1.10. The standard InChI is InChI=1S/C12H24.C6H5ClO2S/c1-2-3-6-9-12-10-7-4-5-8-11-12;7-10(8,9)6-4-2-1-3-5-6/h12H,2-11H2,1H3;1-5H. The maximum absolute atomic E-state index is 10.6. The first kappa shape index (κ1) is 19.5. The van der Waals surface area contributed by atoms with Crippen LogP contribution < -0.4 is 0 Å². The Labute approximate surface area is 140 Å². The third-order valence-corrected chi connectivity index (χ3v) is 5.59. The molecule has 0 heterocycles. The fraction of sp³-hybridized carbons (Fsp3) is 0.667. The van der Waals surface area contributed by atoms with Crippen LogP contribution in [0, 0.1) is 5.92 Å². The van der Waals surface area contributed by atoms with Crippen LogP contribution in [0.15, 0.2) is 35.2 Å². The first-order chi connectivity index (χ1) is 10.5. The molecule has 22 heavy (non-hydrogen) atoms. The quantitative estimate of drug-likeness (QED) is 0.364. The first-order valence-electron chi connectivity index (χ1n) is 8.53. The van der Waals surface area contributed by atoms with E-state index >= 15 is 0 Å². The monoisotopic (exact) mass is 344 g/mol. The summed E-state index contributed by atoms with van der Waals surface area (Å²) in [5, 5.41) is 0. The molecule has 0 amide bonds. The molecule has 1 aliphatic rings. The van der Waals surface area contributed by atoms with Gasteiger partial charge in [0.05, 0.1) is 4.90 Å². The Balaban J connectivity index is 0.000000224. The van der Waals surface area contributed by atoms with Gasteiger partial charge in [-0.2, -0.15) is 0 Å². The van der Waals surface area contributed by atoms with Crippen molar-refractivity contribution < 1.29 is 8.42 Å². The molecular formula is C18H29ClO2S. The van der Waals surface area contributed by atoms with Crippen LogP contribution in [0.2, 0.25) is 0 Å². The number of halogens is 1. The van der Waals surface area contributed by atoms with Crippen LogP contribution in [0.5, 0.6) is 0 Å². The molecule has 1 aromatic rings. The predicted molar refractivity (Wildman–Crippen MR) is 94.8 cm³/mol. The summed E-state index contributed by atoms with van der Waals surface area (Å²) in [7, 11) is 1.50.